The Morgan fingerprint density at radius 2 is 2.18 bits per heavy atom. The smallest absolute Gasteiger partial charge is 0.291 e. The van der Waals surface area contributed by atoms with E-state index in [2.05, 4.69) is 19.9 Å². The highest BCUT2D eigenvalue weighted by atomic mass is 32.2. The number of rotatable bonds is 3. The van der Waals surface area contributed by atoms with Crippen molar-refractivity contribution in [1.82, 2.24) is 15.2 Å². The molecule has 3 N–H and O–H groups in total. The number of aromatic nitrogens is 3. The fraction of sp³-hybridized carbons (Fsp3) is 0.125. The fourth-order valence-electron chi connectivity index (χ4n) is 1.09. The summed E-state index contributed by atoms with van der Waals surface area (Å²) < 4.78 is 26.0. The van der Waals surface area contributed by atoms with Crippen LogP contribution in [0.4, 0.5) is 10.8 Å². The third-order valence-corrected chi connectivity index (χ3v) is 4.42. The van der Waals surface area contributed by atoms with Gasteiger partial charge in [0.05, 0.1) is 11.9 Å². The molecular formula is C8H9N5O2S2. The van der Waals surface area contributed by atoms with Crippen molar-refractivity contribution in [2.24, 2.45) is 0 Å². The van der Waals surface area contributed by atoms with E-state index in [1.54, 1.807) is 19.2 Å². The van der Waals surface area contributed by atoms with Gasteiger partial charge in [0.25, 0.3) is 14.4 Å². The summed E-state index contributed by atoms with van der Waals surface area (Å²) in [4.78, 5) is 3.84. The zero-order valence-electron chi connectivity index (χ0n) is 8.78. The zero-order valence-corrected chi connectivity index (χ0v) is 10.4. The lowest BCUT2D eigenvalue weighted by Crippen LogP contribution is -2.13. The number of nitrogens with one attached hydrogen (secondary N) is 1. The third-order valence-electron chi connectivity index (χ3n) is 1.94. The van der Waals surface area contributed by atoms with E-state index in [0.29, 0.717) is 5.69 Å². The minimum atomic E-state index is -3.74. The van der Waals surface area contributed by atoms with Crippen LogP contribution in [0.1, 0.15) is 5.56 Å². The highest BCUT2D eigenvalue weighted by Gasteiger charge is 2.20. The first-order valence-electron chi connectivity index (χ1n) is 4.51. The maximum absolute atomic E-state index is 11.9. The van der Waals surface area contributed by atoms with Crippen molar-refractivity contribution in [3.05, 3.63) is 24.0 Å². The van der Waals surface area contributed by atoms with Gasteiger partial charge < -0.3 is 5.73 Å². The summed E-state index contributed by atoms with van der Waals surface area (Å²) >= 11 is 0.804. The van der Waals surface area contributed by atoms with Crippen LogP contribution in [0.3, 0.4) is 0 Å². The van der Waals surface area contributed by atoms with E-state index < -0.39 is 10.0 Å². The Bertz CT molecular complexity index is 637. The van der Waals surface area contributed by atoms with Crippen LogP contribution in [0, 0.1) is 6.92 Å². The summed E-state index contributed by atoms with van der Waals surface area (Å²) in [6, 6.07) is 1.70. The fourth-order valence-corrected chi connectivity index (χ4v) is 2.99. The summed E-state index contributed by atoms with van der Waals surface area (Å²) in [7, 11) is -3.74. The third kappa shape index (κ3) is 2.50. The first-order valence-corrected chi connectivity index (χ1v) is 6.81. The van der Waals surface area contributed by atoms with E-state index in [-0.39, 0.29) is 9.47 Å². The Balaban J connectivity index is 2.33. The molecule has 2 heterocycles. The molecular weight excluding hydrogens is 262 g/mol. The molecule has 2 rings (SSSR count). The van der Waals surface area contributed by atoms with Crippen molar-refractivity contribution in [2.45, 2.75) is 11.3 Å². The molecule has 0 atom stereocenters. The van der Waals surface area contributed by atoms with E-state index in [0.717, 1.165) is 16.9 Å². The van der Waals surface area contributed by atoms with Gasteiger partial charge in [0.15, 0.2) is 0 Å². The van der Waals surface area contributed by atoms with Crippen molar-refractivity contribution < 1.29 is 8.42 Å². The highest BCUT2D eigenvalue weighted by molar-refractivity contribution is 7.94. The van der Waals surface area contributed by atoms with E-state index in [9.17, 15) is 8.42 Å². The van der Waals surface area contributed by atoms with Gasteiger partial charge in [-0.2, -0.15) is 8.42 Å². The SMILES string of the molecule is Cc1ccncc1NS(=O)(=O)c1nnc(N)s1. The minimum absolute atomic E-state index is 0.105. The van der Waals surface area contributed by atoms with Crippen LogP contribution in [0.15, 0.2) is 22.8 Å². The Hall–Kier alpha value is -1.74. The van der Waals surface area contributed by atoms with Gasteiger partial charge in [-0.1, -0.05) is 11.3 Å². The van der Waals surface area contributed by atoms with Crippen molar-refractivity contribution in [2.75, 3.05) is 10.5 Å². The maximum Gasteiger partial charge on any atom is 0.291 e. The lowest BCUT2D eigenvalue weighted by atomic mass is 10.3. The summed E-state index contributed by atoms with van der Waals surface area (Å²) in [6.07, 6.45) is 3.01. The molecule has 0 spiro atoms. The van der Waals surface area contributed by atoms with E-state index in [1.807, 2.05) is 0 Å². The number of sulfonamides is 1. The molecule has 0 radical (unpaired) electrons. The predicted octanol–water partition coefficient (Wildman–Crippen LogP) is 0.625. The van der Waals surface area contributed by atoms with Crippen LogP contribution in [0.2, 0.25) is 0 Å². The predicted molar refractivity (Wildman–Crippen MR) is 64.1 cm³/mol. The summed E-state index contributed by atoms with van der Waals surface area (Å²) in [5, 5.41) is 7.05. The van der Waals surface area contributed by atoms with Crippen molar-refractivity contribution >= 4 is 32.2 Å². The van der Waals surface area contributed by atoms with Gasteiger partial charge >= 0.3 is 0 Å². The number of nitrogens with zero attached hydrogens (tertiary/aromatic N) is 3. The van der Waals surface area contributed by atoms with Gasteiger partial charge in [0.1, 0.15) is 0 Å². The first kappa shape index (κ1) is 11.7. The number of nitrogens with two attached hydrogens (primary N) is 1. The molecule has 90 valence electrons. The minimum Gasteiger partial charge on any atom is -0.374 e. The Morgan fingerprint density at radius 1 is 1.41 bits per heavy atom. The topological polar surface area (TPSA) is 111 Å². The van der Waals surface area contributed by atoms with Crippen LogP contribution < -0.4 is 10.5 Å². The van der Waals surface area contributed by atoms with Crippen molar-refractivity contribution in [1.29, 1.82) is 0 Å². The number of aryl methyl sites for hydroxylation is 1. The average molecular weight is 271 g/mol. The van der Waals surface area contributed by atoms with Crippen LogP contribution in [0.25, 0.3) is 0 Å². The zero-order chi connectivity index (χ0) is 12.5. The Morgan fingerprint density at radius 3 is 2.76 bits per heavy atom. The molecule has 0 saturated carbocycles. The largest absolute Gasteiger partial charge is 0.374 e. The molecule has 0 aromatic carbocycles. The molecule has 0 aliphatic heterocycles. The standard InChI is InChI=1S/C8H9N5O2S2/c1-5-2-3-10-4-6(5)13-17(14,15)8-12-11-7(9)16-8/h2-4,13H,1H3,(H2,9,11). The van der Waals surface area contributed by atoms with Crippen LogP contribution in [-0.2, 0) is 10.0 Å². The van der Waals surface area contributed by atoms with E-state index in [4.69, 9.17) is 5.73 Å². The van der Waals surface area contributed by atoms with Gasteiger partial charge in [0.2, 0.25) is 5.13 Å². The van der Waals surface area contributed by atoms with Gasteiger partial charge in [-0.3, -0.25) is 9.71 Å². The normalized spacial score (nSPS) is 11.4. The molecule has 9 heteroatoms. The molecule has 0 aliphatic carbocycles. The van der Waals surface area contributed by atoms with E-state index in [1.165, 1.54) is 6.20 Å². The van der Waals surface area contributed by atoms with Gasteiger partial charge in [-0.05, 0) is 18.6 Å². The molecule has 0 fully saturated rings. The Kier molecular flexibility index (Phi) is 2.94. The van der Waals surface area contributed by atoms with Crippen LogP contribution in [0.5, 0.6) is 0 Å². The lowest BCUT2D eigenvalue weighted by Gasteiger charge is -2.06. The average Bonchev–Trinajstić information content (AvgIpc) is 2.69. The highest BCUT2D eigenvalue weighted by Crippen LogP contribution is 2.21. The monoisotopic (exact) mass is 271 g/mol. The second-order valence-electron chi connectivity index (χ2n) is 3.20. The number of pyridine rings is 1. The van der Waals surface area contributed by atoms with Gasteiger partial charge in [-0.25, -0.2) is 0 Å². The van der Waals surface area contributed by atoms with Crippen molar-refractivity contribution in [3.63, 3.8) is 0 Å². The summed E-state index contributed by atoms with van der Waals surface area (Å²) in [6.45, 7) is 1.77. The molecule has 7 nitrogen and oxygen atoms in total. The Labute approximate surface area is 102 Å². The summed E-state index contributed by atoms with van der Waals surface area (Å²) in [5.41, 5.74) is 6.51. The number of hydrogen-bond acceptors (Lipinski definition) is 7. The lowest BCUT2D eigenvalue weighted by molar-refractivity contribution is 0.599. The second-order valence-corrected chi connectivity index (χ2v) is 6.07. The molecule has 2 aromatic rings. The van der Waals surface area contributed by atoms with Gasteiger partial charge in [0, 0.05) is 6.20 Å². The molecule has 0 bridgehead atoms. The number of nitrogen functional groups attached to an aromatic ring is 1. The second kappa shape index (κ2) is 4.26. The molecule has 0 aliphatic rings. The van der Waals surface area contributed by atoms with E-state index >= 15 is 0 Å². The maximum atomic E-state index is 11.9. The molecule has 0 unspecified atom stereocenters. The van der Waals surface area contributed by atoms with Crippen molar-refractivity contribution in [3.8, 4) is 0 Å². The van der Waals surface area contributed by atoms with Crippen LogP contribution in [-0.4, -0.2) is 23.6 Å². The summed E-state index contributed by atoms with van der Waals surface area (Å²) in [5.74, 6) is 0. The molecule has 0 amide bonds. The quantitative estimate of drug-likeness (QED) is 0.846. The molecule has 17 heavy (non-hydrogen) atoms. The first-order chi connectivity index (χ1) is 7.99. The number of hydrogen-bond donors (Lipinski definition) is 2. The molecule has 2 aromatic heterocycles. The van der Waals surface area contributed by atoms with Gasteiger partial charge in [-0.15, -0.1) is 10.2 Å². The molecule has 0 saturated heterocycles. The van der Waals surface area contributed by atoms with Crippen LogP contribution >= 0.6 is 11.3 Å². The number of anilines is 2.